The molecule has 1 saturated carbocycles. The van der Waals surface area contributed by atoms with Crippen molar-refractivity contribution in [3.63, 3.8) is 0 Å². The Hall–Kier alpha value is -0.130. The van der Waals surface area contributed by atoms with Gasteiger partial charge in [0.15, 0.2) is 9.84 Å². The first-order valence-electron chi connectivity index (χ1n) is 5.46. The summed E-state index contributed by atoms with van der Waals surface area (Å²) in [5.74, 6) is 0.265. The summed E-state index contributed by atoms with van der Waals surface area (Å²) in [5.41, 5.74) is 5.68. The lowest BCUT2D eigenvalue weighted by Crippen LogP contribution is -2.48. The molecule has 1 aliphatic rings. The molecule has 15 heavy (non-hydrogen) atoms. The third kappa shape index (κ3) is 1.92. The van der Waals surface area contributed by atoms with Crippen LogP contribution in [0.5, 0.6) is 0 Å². The Labute approximate surface area is 91.8 Å². The van der Waals surface area contributed by atoms with Gasteiger partial charge >= 0.3 is 0 Å². The quantitative estimate of drug-likeness (QED) is 0.727. The maximum Gasteiger partial charge on any atom is 0.157 e. The largest absolute Gasteiger partial charge is 0.396 e. The Kier molecular flexibility index (Phi) is 3.79. The summed E-state index contributed by atoms with van der Waals surface area (Å²) in [6.45, 7) is 3.81. The Balaban J connectivity index is 3.06. The van der Waals surface area contributed by atoms with E-state index in [1.165, 1.54) is 0 Å². The van der Waals surface area contributed by atoms with Gasteiger partial charge in [-0.15, -0.1) is 0 Å². The van der Waals surface area contributed by atoms with Gasteiger partial charge in [-0.2, -0.15) is 0 Å². The van der Waals surface area contributed by atoms with Crippen molar-refractivity contribution in [2.45, 2.75) is 31.4 Å². The molecule has 5 heteroatoms. The number of nitrogens with two attached hydrogens (primary N) is 1. The average Bonchev–Trinajstić information content (AvgIpc) is 2.56. The third-order valence-electron chi connectivity index (χ3n) is 3.82. The fourth-order valence-corrected chi connectivity index (χ4v) is 4.79. The first-order valence-corrected chi connectivity index (χ1v) is 7.12. The third-order valence-corrected chi connectivity index (χ3v) is 6.56. The van der Waals surface area contributed by atoms with Gasteiger partial charge in [0.05, 0.1) is 4.75 Å². The topological polar surface area (TPSA) is 80.4 Å². The van der Waals surface area contributed by atoms with Crippen LogP contribution in [0.2, 0.25) is 0 Å². The van der Waals surface area contributed by atoms with Gasteiger partial charge < -0.3 is 10.8 Å². The number of rotatable bonds is 4. The maximum atomic E-state index is 12.1. The van der Waals surface area contributed by atoms with E-state index in [-0.39, 0.29) is 30.7 Å². The number of hydrogen-bond acceptors (Lipinski definition) is 4. The molecule has 1 rings (SSSR count). The summed E-state index contributed by atoms with van der Waals surface area (Å²) in [6.07, 6.45) is 1.27. The number of hydrogen-bond donors (Lipinski definition) is 2. The van der Waals surface area contributed by atoms with Crippen molar-refractivity contribution in [3.05, 3.63) is 0 Å². The summed E-state index contributed by atoms with van der Waals surface area (Å²) in [4.78, 5) is 0. The summed E-state index contributed by atoms with van der Waals surface area (Å²) in [7, 11) is -3.14. The average molecular weight is 235 g/mol. The minimum atomic E-state index is -3.14. The lowest BCUT2D eigenvalue weighted by Gasteiger charge is -2.31. The number of aliphatic hydroxyl groups is 1. The molecule has 4 nitrogen and oxygen atoms in total. The second-order valence-electron chi connectivity index (χ2n) is 4.56. The molecule has 0 aliphatic heterocycles. The van der Waals surface area contributed by atoms with Crippen LogP contribution in [0.1, 0.15) is 26.7 Å². The van der Waals surface area contributed by atoms with E-state index >= 15 is 0 Å². The van der Waals surface area contributed by atoms with Crippen LogP contribution in [0.15, 0.2) is 0 Å². The van der Waals surface area contributed by atoms with Crippen LogP contribution in [0, 0.1) is 11.8 Å². The zero-order valence-electron chi connectivity index (χ0n) is 9.44. The number of sulfone groups is 1. The lowest BCUT2D eigenvalue weighted by atomic mass is 9.97. The zero-order chi connectivity index (χ0) is 11.7. The van der Waals surface area contributed by atoms with Gasteiger partial charge in [0, 0.05) is 18.9 Å². The maximum absolute atomic E-state index is 12.1. The molecule has 0 saturated heterocycles. The van der Waals surface area contributed by atoms with Crippen LogP contribution < -0.4 is 5.73 Å². The molecule has 0 unspecified atom stereocenters. The van der Waals surface area contributed by atoms with Crippen molar-refractivity contribution >= 4 is 9.84 Å². The SMILES string of the molecule is CCS(=O)(=O)[C@]1(CN)C[C@H](CO)C[C@H]1C. The second-order valence-corrected chi connectivity index (χ2v) is 7.18. The molecule has 0 aromatic rings. The van der Waals surface area contributed by atoms with Crippen LogP contribution in [0.25, 0.3) is 0 Å². The molecule has 3 N–H and O–H groups in total. The van der Waals surface area contributed by atoms with Crippen molar-refractivity contribution < 1.29 is 13.5 Å². The van der Waals surface area contributed by atoms with Gasteiger partial charge in [-0.1, -0.05) is 13.8 Å². The molecule has 3 atom stereocenters. The highest BCUT2D eigenvalue weighted by Crippen LogP contribution is 2.44. The van der Waals surface area contributed by atoms with E-state index in [0.29, 0.717) is 6.42 Å². The molecule has 0 bridgehead atoms. The Bertz CT molecular complexity index is 315. The normalized spacial score (nSPS) is 37.1. The van der Waals surface area contributed by atoms with Crippen molar-refractivity contribution in [3.8, 4) is 0 Å². The fraction of sp³-hybridized carbons (Fsp3) is 1.00. The predicted octanol–water partition coefficient (Wildman–Crippen LogP) is 0.157. The van der Waals surface area contributed by atoms with Crippen molar-refractivity contribution in [2.24, 2.45) is 17.6 Å². The minimum Gasteiger partial charge on any atom is -0.396 e. The Morgan fingerprint density at radius 2 is 2.13 bits per heavy atom. The highest BCUT2D eigenvalue weighted by molar-refractivity contribution is 7.92. The molecule has 1 aliphatic carbocycles. The van der Waals surface area contributed by atoms with E-state index in [9.17, 15) is 8.42 Å². The summed E-state index contributed by atoms with van der Waals surface area (Å²) >= 11 is 0. The molecule has 1 fully saturated rings. The summed E-state index contributed by atoms with van der Waals surface area (Å²) in [6, 6.07) is 0. The molecular formula is C10H21NO3S. The van der Waals surface area contributed by atoms with Crippen molar-refractivity contribution in [2.75, 3.05) is 18.9 Å². The highest BCUT2D eigenvalue weighted by Gasteiger charge is 2.52. The van der Waals surface area contributed by atoms with Gasteiger partial charge in [-0.05, 0) is 24.7 Å². The van der Waals surface area contributed by atoms with Gasteiger partial charge in [-0.25, -0.2) is 8.42 Å². The van der Waals surface area contributed by atoms with E-state index < -0.39 is 14.6 Å². The molecule has 90 valence electrons. The lowest BCUT2D eigenvalue weighted by molar-refractivity contribution is 0.226. The van der Waals surface area contributed by atoms with Gasteiger partial charge in [0.1, 0.15) is 0 Å². The minimum absolute atomic E-state index is 0.0459. The van der Waals surface area contributed by atoms with Gasteiger partial charge in [-0.3, -0.25) is 0 Å². The van der Waals surface area contributed by atoms with Crippen LogP contribution in [-0.4, -0.2) is 37.2 Å². The molecule has 0 heterocycles. The van der Waals surface area contributed by atoms with Gasteiger partial charge in [0.25, 0.3) is 0 Å². The van der Waals surface area contributed by atoms with E-state index in [2.05, 4.69) is 0 Å². The van der Waals surface area contributed by atoms with Crippen LogP contribution in [0.3, 0.4) is 0 Å². The van der Waals surface area contributed by atoms with Crippen LogP contribution >= 0.6 is 0 Å². The van der Waals surface area contributed by atoms with Crippen molar-refractivity contribution in [1.29, 1.82) is 0 Å². The van der Waals surface area contributed by atoms with E-state index in [4.69, 9.17) is 10.8 Å². The Morgan fingerprint density at radius 3 is 2.47 bits per heavy atom. The highest BCUT2D eigenvalue weighted by atomic mass is 32.2. The Morgan fingerprint density at radius 1 is 1.53 bits per heavy atom. The molecule has 0 aromatic heterocycles. The molecular weight excluding hydrogens is 214 g/mol. The number of aliphatic hydroxyl groups excluding tert-OH is 1. The zero-order valence-corrected chi connectivity index (χ0v) is 10.3. The monoisotopic (exact) mass is 235 g/mol. The van der Waals surface area contributed by atoms with Gasteiger partial charge in [0.2, 0.25) is 0 Å². The molecule has 0 amide bonds. The summed E-state index contributed by atoms with van der Waals surface area (Å²) < 4.78 is 23.3. The smallest absolute Gasteiger partial charge is 0.157 e. The van der Waals surface area contributed by atoms with Crippen molar-refractivity contribution in [1.82, 2.24) is 0 Å². The van der Waals surface area contributed by atoms with Crippen LogP contribution in [0.4, 0.5) is 0 Å². The van der Waals surface area contributed by atoms with E-state index in [1.54, 1.807) is 6.92 Å². The summed E-state index contributed by atoms with van der Waals surface area (Å²) in [5, 5.41) is 9.11. The standard InChI is InChI=1S/C10H21NO3S/c1-3-15(13,14)10(7-11)5-9(6-12)4-8(10)2/h8-9,12H,3-7,11H2,1-2H3/t8-,9-,10+/m1/s1. The van der Waals surface area contributed by atoms with E-state index in [1.807, 2.05) is 6.92 Å². The first kappa shape index (κ1) is 12.9. The second kappa shape index (κ2) is 4.39. The molecule has 0 spiro atoms. The fourth-order valence-electron chi connectivity index (χ4n) is 2.76. The van der Waals surface area contributed by atoms with E-state index in [0.717, 1.165) is 6.42 Å². The predicted molar refractivity (Wildman–Crippen MR) is 60.2 cm³/mol. The van der Waals surface area contributed by atoms with Crippen LogP contribution in [-0.2, 0) is 9.84 Å². The first-order chi connectivity index (χ1) is 6.93. The molecule has 0 aromatic carbocycles. The molecule has 0 radical (unpaired) electrons.